The van der Waals surface area contributed by atoms with Gasteiger partial charge in [-0.15, -0.1) is 0 Å². The first kappa shape index (κ1) is 12.1. The van der Waals surface area contributed by atoms with E-state index < -0.39 is 0 Å². The number of carbonyl (C=O) groups excluding carboxylic acids is 1. The van der Waals surface area contributed by atoms with Crippen LogP contribution in [0.2, 0.25) is 0 Å². The van der Waals surface area contributed by atoms with Crippen molar-refractivity contribution in [2.75, 3.05) is 0 Å². The predicted molar refractivity (Wildman–Crippen MR) is 74.1 cm³/mol. The van der Waals surface area contributed by atoms with Crippen LogP contribution in [-0.4, -0.2) is 5.91 Å². The van der Waals surface area contributed by atoms with Gasteiger partial charge in [-0.25, -0.2) is 0 Å². The molecule has 18 heavy (non-hydrogen) atoms. The Balaban J connectivity index is 2.11. The molecule has 0 atom stereocenters. The number of hydrogen-bond donors (Lipinski definition) is 1. The molecule has 0 fully saturated rings. The Bertz CT molecular complexity index is 558. The zero-order valence-electron chi connectivity index (χ0n) is 10.0. The van der Waals surface area contributed by atoms with Crippen molar-refractivity contribution in [2.24, 2.45) is 5.73 Å². The molecule has 2 nitrogen and oxygen atoms in total. The van der Waals surface area contributed by atoms with Crippen LogP contribution < -0.4 is 5.73 Å². The lowest BCUT2D eigenvalue weighted by atomic mass is 10.0. The molecule has 2 aromatic rings. The summed E-state index contributed by atoms with van der Waals surface area (Å²) < 4.78 is 0. The highest BCUT2D eigenvalue weighted by Crippen LogP contribution is 2.10. The quantitative estimate of drug-likeness (QED) is 0.872. The normalized spacial score (nSPS) is 10.7. The maximum atomic E-state index is 11.3. The summed E-state index contributed by atoms with van der Waals surface area (Å²) in [6.45, 7) is 0. The lowest BCUT2D eigenvalue weighted by Gasteiger charge is -2.02. The van der Waals surface area contributed by atoms with Crippen molar-refractivity contribution in [3.8, 4) is 0 Å². The number of rotatable bonds is 4. The molecule has 0 aliphatic carbocycles. The van der Waals surface area contributed by atoms with Crippen molar-refractivity contribution < 1.29 is 4.79 Å². The summed E-state index contributed by atoms with van der Waals surface area (Å²) in [5, 5.41) is 0. The van der Waals surface area contributed by atoms with Crippen molar-refractivity contribution in [1.82, 2.24) is 0 Å². The Morgan fingerprint density at radius 3 is 2.39 bits per heavy atom. The van der Waals surface area contributed by atoms with Crippen LogP contribution in [0.3, 0.4) is 0 Å². The highest BCUT2D eigenvalue weighted by Gasteiger charge is 2.04. The number of amides is 1. The van der Waals surface area contributed by atoms with Gasteiger partial charge in [-0.2, -0.15) is 0 Å². The zero-order valence-corrected chi connectivity index (χ0v) is 10.0. The number of carbonyl (C=O) groups is 1. The molecule has 0 aliphatic heterocycles. The lowest BCUT2D eigenvalue weighted by molar-refractivity contribution is 0.0999. The van der Waals surface area contributed by atoms with E-state index in [4.69, 9.17) is 5.73 Å². The molecular weight excluding hydrogens is 222 g/mol. The van der Waals surface area contributed by atoms with E-state index in [1.165, 1.54) is 0 Å². The molecule has 0 saturated heterocycles. The molecule has 2 rings (SSSR count). The lowest BCUT2D eigenvalue weighted by Crippen LogP contribution is -2.13. The summed E-state index contributed by atoms with van der Waals surface area (Å²) in [4.78, 5) is 11.3. The molecule has 0 bridgehead atoms. The minimum absolute atomic E-state index is 0.376. The maximum absolute atomic E-state index is 11.3. The third kappa shape index (κ3) is 3.08. The molecule has 0 radical (unpaired) electrons. The van der Waals surface area contributed by atoms with E-state index in [2.05, 4.69) is 0 Å². The van der Waals surface area contributed by atoms with Gasteiger partial charge in [0.1, 0.15) is 0 Å². The van der Waals surface area contributed by atoms with E-state index >= 15 is 0 Å². The first-order valence-corrected chi connectivity index (χ1v) is 5.86. The van der Waals surface area contributed by atoms with Gasteiger partial charge in [0.05, 0.1) is 0 Å². The van der Waals surface area contributed by atoms with Crippen LogP contribution in [0.4, 0.5) is 0 Å². The first-order chi connectivity index (χ1) is 8.77. The van der Waals surface area contributed by atoms with Gasteiger partial charge in [0, 0.05) is 5.56 Å². The predicted octanol–water partition coefficient (Wildman–Crippen LogP) is 3.04. The minimum Gasteiger partial charge on any atom is -0.366 e. The summed E-state index contributed by atoms with van der Waals surface area (Å²) in [5.41, 5.74) is 8.03. The SMILES string of the molecule is NC(=O)c1ccccc1CC=Cc1ccccc1. The van der Waals surface area contributed by atoms with Gasteiger partial charge in [-0.05, 0) is 23.6 Å². The second-order valence-electron chi connectivity index (χ2n) is 4.04. The van der Waals surface area contributed by atoms with Crippen LogP contribution in [0.25, 0.3) is 6.08 Å². The molecule has 0 unspecified atom stereocenters. The largest absolute Gasteiger partial charge is 0.366 e. The van der Waals surface area contributed by atoms with Gasteiger partial charge in [0.2, 0.25) is 5.91 Å². The van der Waals surface area contributed by atoms with E-state index in [9.17, 15) is 4.79 Å². The van der Waals surface area contributed by atoms with E-state index in [0.29, 0.717) is 12.0 Å². The summed E-state index contributed by atoms with van der Waals surface area (Å²) in [6, 6.07) is 17.5. The molecule has 0 aromatic heterocycles. The van der Waals surface area contributed by atoms with Gasteiger partial charge >= 0.3 is 0 Å². The first-order valence-electron chi connectivity index (χ1n) is 5.86. The molecule has 0 aliphatic rings. The average Bonchev–Trinajstić information content (AvgIpc) is 2.40. The smallest absolute Gasteiger partial charge is 0.248 e. The fourth-order valence-electron chi connectivity index (χ4n) is 1.82. The number of hydrogen-bond acceptors (Lipinski definition) is 1. The highest BCUT2D eigenvalue weighted by atomic mass is 16.1. The number of primary amides is 1. The van der Waals surface area contributed by atoms with Crippen LogP contribution in [0.5, 0.6) is 0 Å². The van der Waals surface area contributed by atoms with Crippen LogP contribution in [0.15, 0.2) is 60.7 Å². The Morgan fingerprint density at radius 2 is 1.67 bits per heavy atom. The molecule has 1 amide bonds. The Morgan fingerprint density at radius 1 is 1.00 bits per heavy atom. The van der Waals surface area contributed by atoms with Gasteiger partial charge in [-0.1, -0.05) is 60.7 Å². The van der Waals surface area contributed by atoms with Crippen LogP contribution in [-0.2, 0) is 6.42 Å². The molecule has 90 valence electrons. The molecule has 2 heteroatoms. The average molecular weight is 237 g/mol. The molecule has 2 aromatic carbocycles. The van der Waals surface area contributed by atoms with Gasteiger partial charge in [-0.3, -0.25) is 4.79 Å². The van der Waals surface area contributed by atoms with Gasteiger partial charge in [0.25, 0.3) is 0 Å². The van der Waals surface area contributed by atoms with Crippen LogP contribution >= 0.6 is 0 Å². The van der Waals surface area contributed by atoms with Gasteiger partial charge in [0.15, 0.2) is 0 Å². The molecule has 0 saturated carbocycles. The Labute approximate surface area is 107 Å². The Hall–Kier alpha value is -2.35. The van der Waals surface area contributed by atoms with Crippen molar-refractivity contribution in [2.45, 2.75) is 6.42 Å². The topological polar surface area (TPSA) is 43.1 Å². The third-order valence-electron chi connectivity index (χ3n) is 2.73. The van der Waals surface area contributed by atoms with Crippen LogP contribution in [0, 0.1) is 0 Å². The molecule has 0 spiro atoms. The van der Waals surface area contributed by atoms with Crippen molar-refractivity contribution >= 4 is 12.0 Å². The van der Waals surface area contributed by atoms with Crippen molar-refractivity contribution in [3.05, 3.63) is 77.4 Å². The van der Waals surface area contributed by atoms with E-state index in [1.807, 2.05) is 60.7 Å². The molecule has 2 N–H and O–H groups in total. The summed E-state index contributed by atoms with van der Waals surface area (Å²) in [7, 11) is 0. The maximum Gasteiger partial charge on any atom is 0.248 e. The number of allylic oxidation sites excluding steroid dienone is 1. The summed E-state index contributed by atoms with van der Waals surface area (Å²) in [5.74, 6) is -0.376. The minimum atomic E-state index is -0.376. The molecule has 0 heterocycles. The number of benzene rings is 2. The summed E-state index contributed by atoms with van der Waals surface area (Å²) in [6.07, 6.45) is 4.78. The molecular formula is C16H15NO. The second kappa shape index (κ2) is 5.82. The van der Waals surface area contributed by atoms with E-state index in [0.717, 1.165) is 11.1 Å². The van der Waals surface area contributed by atoms with Crippen molar-refractivity contribution in [1.29, 1.82) is 0 Å². The fraction of sp³-hybridized carbons (Fsp3) is 0.0625. The van der Waals surface area contributed by atoms with E-state index in [-0.39, 0.29) is 5.91 Å². The third-order valence-corrected chi connectivity index (χ3v) is 2.73. The monoisotopic (exact) mass is 237 g/mol. The second-order valence-corrected chi connectivity index (χ2v) is 4.04. The Kier molecular flexibility index (Phi) is 3.92. The highest BCUT2D eigenvalue weighted by molar-refractivity contribution is 5.94. The number of nitrogens with two attached hydrogens (primary N) is 1. The van der Waals surface area contributed by atoms with Crippen molar-refractivity contribution in [3.63, 3.8) is 0 Å². The zero-order chi connectivity index (χ0) is 12.8. The van der Waals surface area contributed by atoms with E-state index in [1.54, 1.807) is 6.07 Å². The fourth-order valence-corrected chi connectivity index (χ4v) is 1.82. The summed E-state index contributed by atoms with van der Waals surface area (Å²) >= 11 is 0. The van der Waals surface area contributed by atoms with Crippen LogP contribution in [0.1, 0.15) is 21.5 Å². The van der Waals surface area contributed by atoms with Gasteiger partial charge < -0.3 is 5.73 Å². The standard InChI is InChI=1S/C16H15NO/c17-16(18)15-12-5-4-10-14(15)11-6-9-13-7-2-1-3-8-13/h1-10,12H,11H2,(H2,17,18).